The highest BCUT2D eigenvalue weighted by Crippen LogP contribution is 2.21. The number of amides is 1. The number of nitrogens with one attached hydrogen (secondary N) is 2. The molecule has 3 N–H and O–H groups in total. The molecule has 0 bridgehead atoms. The van der Waals surface area contributed by atoms with Crippen LogP contribution in [0.15, 0.2) is 35.2 Å². The van der Waals surface area contributed by atoms with Crippen LogP contribution in [0.5, 0.6) is 0 Å². The Kier molecular flexibility index (Phi) is 4.98. The highest BCUT2D eigenvalue weighted by Gasteiger charge is 2.22. The van der Waals surface area contributed by atoms with E-state index < -0.39 is 17.9 Å². The van der Waals surface area contributed by atoms with Crippen LogP contribution in [-0.2, 0) is 11.2 Å². The number of carboxylic acids is 1. The van der Waals surface area contributed by atoms with Crippen molar-refractivity contribution in [1.82, 2.24) is 15.3 Å². The topological polar surface area (TPSA) is 95.1 Å². The first-order valence-electron chi connectivity index (χ1n) is 5.93. The van der Waals surface area contributed by atoms with Crippen LogP contribution in [0, 0.1) is 0 Å². The second-order valence-corrected chi connectivity index (χ2v) is 5.59. The summed E-state index contributed by atoms with van der Waals surface area (Å²) in [6, 6.07) is 3.71. The Balaban J connectivity index is 2.14. The van der Waals surface area contributed by atoms with Crippen LogP contribution >= 0.6 is 27.5 Å². The minimum atomic E-state index is -1.14. The predicted octanol–water partition coefficient (Wildman–Crippen LogP) is 2.25. The molecular formula is C13H11BrClN3O3. The van der Waals surface area contributed by atoms with Gasteiger partial charge in [0.15, 0.2) is 0 Å². The normalized spacial score (nSPS) is 11.9. The molecule has 6 nitrogen and oxygen atoms in total. The molecule has 0 saturated carbocycles. The van der Waals surface area contributed by atoms with Crippen molar-refractivity contribution in [3.63, 3.8) is 0 Å². The average molecular weight is 373 g/mol. The van der Waals surface area contributed by atoms with Crippen molar-refractivity contribution in [1.29, 1.82) is 0 Å². The summed E-state index contributed by atoms with van der Waals surface area (Å²) in [5, 5.41) is 11.9. The van der Waals surface area contributed by atoms with E-state index in [1.54, 1.807) is 12.1 Å². The predicted molar refractivity (Wildman–Crippen MR) is 80.3 cm³/mol. The molecule has 0 aliphatic rings. The van der Waals surface area contributed by atoms with Gasteiger partial charge < -0.3 is 15.4 Å². The number of carbonyl (C=O) groups is 2. The Morgan fingerprint density at radius 2 is 2.24 bits per heavy atom. The maximum atomic E-state index is 12.2. The van der Waals surface area contributed by atoms with Crippen molar-refractivity contribution in [2.24, 2.45) is 0 Å². The molecule has 21 heavy (non-hydrogen) atoms. The second kappa shape index (κ2) is 6.73. The molecule has 8 heteroatoms. The Hall–Kier alpha value is -1.86. The first-order valence-corrected chi connectivity index (χ1v) is 7.10. The first-order chi connectivity index (χ1) is 9.97. The number of imidazole rings is 1. The number of aliphatic carboxylic acids is 1. The van der Waals surface area contributed by atoms with Crippen LogP contribution in [0.1, 0.15) is 16.1 Å². The zero-order valence-corrected chi connectivity index (χ0v) is 13.0. The molecule has 0 aliphatic carbocycles. The number of hydrogen-bond acceptors (Lipinski definition) is 3. The molecule has 0 radical (unpaired) electrons. The number of aromatic nitrogens is 2. The van der Waals surface area contributed by atoms with Gasteiger partial charge in [0.05, 0.1) is 16.9 Å². The largest absolute Gasteiger partial charge is 0.480 e. The van der Waals surface area contributed by atoms with Crippen LogP contribution in [-0.4, -0.2) is 33.0 Å². The van der Waals surface area contributed by atoms with E-state index in [1.807, 2.05) is 0 Å². The van der Waals surface area contributed by atoms with E-state index in [0.29, 0.717) is 10.2 Å². The monoisotopic (exact) mass is 371 g/mol. The third-order valence-electron chi connectivity index (χ3n) is 2.76. The Morgan fingerprint density at radius 1 is 1.48 bits per heavy atom. The average Bonchev–Trinajstić information content (AvgIpc) is 2.93. The van der Waals surface area contributed by atoms with E-state index in [2.05, 4.69) is 31.2 Å². The fourth-order valence-electron chi connectivity index (χ4n) is 1.72. The number of benzene rings is 1. The number of halogens is 2. The van der Waals surface area contributed by atoms with E-state index in [-0.39, 0.29) is 17.0 Å². The van der Waals surface area contributed by atoms with Crippen LogP contribution in [0.3, 0.4) is 0 Å². The Labute approximate surface area is 133 Å². The number of aromatic amines is 1. The van der Waals surface area contributed by atoms with Gasteiger partial charge in [-0.1, -0.05) is 27.5 Å². The molecule has 1 heterocycles. The molecule has 0 unspecified atom stereocenters. The summed E-state index contributed by atoms with van der Waals surface area (Å²) in [4.78, 5) is 30.0. The van der Waals surface area contributed by atoms with E-state index in [4.69, 9.17) is 11.6 Å². The van der Waals surface area contributed by atoms with Crippen molar-refractivity contribution in [2.45, 2.75) is 12.5 Å². The number of H-pyrrole nitrogens is 1. The fourth-order valence-corrected chi connectivity index (χ4v) is 2.29. The van der Waals surface area contributed by atoms with Gasteiger partial charge in [-0.3, -0.25) is 4.79 Å². The molecule has 0 saturated heterocycles. The third-order valence-corrected chi connectivity index (χ3v) is 3.58. The van der Waals surface area contributed by atoms with E-state index in [1.165, 1.54) is 18.6 Å². The molecule has 2 aromatic rings. The van der Waals surface area contributed by atoms with Crippen LogP contribution < -0.4 is 5.32 Å². The SMILES string of the molecule is O=C(N[C@H](Cc1cnc[nH]1)C(=O)O)c1cc(Br)ccc1Cl. The maximum Gasteiger partial charge on any atom is 0.326 e. The standard InChI is InChI=1S/C13H11BrClN3O3/c14-7-1-2-10(15)9(3-7)12(19)18-11(13(20)21)4-8-5-16-6-17-8/h1-3,5-6,11H,4H2,(H,16,17)(H,18,19)(H,20,21)/t11-/m1/s1. The number of hydrogen-bond donors (Lipinski definition) is 3. The summed E-state index contributed by atoms with van der Waals surface area (Å²) < 4.78 is 0.678. The Morgan fingerprint density at radius 3 is 2.86 bits per heavy atom. The number of nitrogens with zero attached hydrogens (tertiary/aromatic N) is 1. The molecule has 1 aromatic heterocycles. The van der Waals surface area contributed by atoms with Crippen molar-refractivity contribution in [3.8, 4) is 0 Å². The van der Waals surface area contributed by atoms with Crippen molar-refractivity contribution < 1.29 is 14.7 Å². The lowest BCUT2D eigenvalue weighted by Gasteiger charge is -2.14. The van der Waals surface area contributed by atoms with E-state index in [9.17, 15) is 14.7 Å². The summed E-state index contributed by atoms with van der Waals surface area (Å²) >= 11 is 9.19. The molecular weight excluding hydrogens is 362 g/mol. The molecule has 1 amide bonds. The zero-order valence-electron chi connectivity index (χ0n) is 10.6. The summed E-state index contributed by atoms with van der Waals surface area (Å²) in [7, 11) is 0. The molecule has 1 aromatic carbocycles. The van der Waals surface area contributed by atoms with Gasteiger partial charge in [-0.05, 0) is 18.2 Å². The van der Waals surface area contributed by atoms with Gasteiger partial charge in [0, 0.05) is 22.8 Å². The molecule has 0 fully saturated rings. The van der Waals surface area contributed by atoms with Gasteiger partial charge in [0.2, 0.25) is 0 Å². The quantitative estimate of drug-likeness (QED) is 0.750. The summed E-state index contributed by atoms with van der Waals surface area (Å²) in [5.74, 6) is -1.68. The number of carboxylic acid groups (broad SMARTS) is 1. The van der Waals surface area contributed by atoms with Gasteiger partial charge in [-0.25, -0.2) is 9.78 Å². The van der Waals surface area contributed by atoms with E-state index in [0.717, 1.165) is 0 Å². The van der Waals surface area contributed by atoms with Gasteiger partial charge in [0.25, 0.3) is 5.91 Å². The lowest BCUT2D eigenvalue weighted by atomic mass is 10.1. The fraction of sp³-hybridized carbons (Fsp3) is 0.154. The van der Waals surface area contributed by atoms with Gasteiger partial charge in [-0.2, -0.15) is 0 Å². The minimum Gasteiger partial charge on any atom is -0.480 e. The molecule has 1 atom stereocenters. The molecule has 0 aliphatic heterocycles. The molecule has 110 valence electrons. The Bertz CT molecular complexity index is 661. The zero-order chi connectivity index (χ0) is 15.4. The van der Waals surface area contributed by atoms with Gasteiger partial charge in [0.1, 0.15) is 6.04 Å². The summed E-state index contributed by atoms with van der Waals surface area (Å²) in [6.45, 7) is 0. The highest BCUT2D eigenvalue weighted by atomic mass is 79.9. The lowest BCUT2D eigenvalue weighted by Crippen LogP contribution is -2.42. The van der Waals surface area contributed by atoms with Crippen LogP contribution in [0.2, 0.25) is 5.02 Å². The molecule has 0 spiro atoms. The smallest absolute Gasteiger partial charge is 0.326 e. The van der Waals surface area contributed by atoms with Crippen molar-refractivity contribution >= 4 is 39.4 Å². The van der Waals surface area contributed by atoms with Gasteiger partial charge >= 0.3 is 5.97 Å². The van der Waals surface area contributed by atoms with Crippen LogP contribution in [0.4, 0.5) is 0 Å². The van der Waals surface area contributed by atoms with Crippen molar-refractivity contribution in [2.75, 3.05) is 0 Å². The summed E-state index contributed by atoms with van der Waals surface area (Å²) in [6.07, 6.45) is 3.06. The number of carbonyl (C=O) groups excluding carboxylic acids is 1. The minimum absolute atomic E-state index is 0.104. The number of rotatable bonds is 5. The summed E-state index contributed by atoms with van der Waals surface area (Å²) in [5.41, 5.74) is 0.824. The third kappa shape index (κ3) is 4.05. The van der Waals surface area contributed by atoms with E-state index >= 15 is 0 Å². The second-order valence-electron chi connectivity index (χ2n) is 4.27. The first kappa shape index (κ1) is 15.5. The van der Waals surface area contributed by atoms with Crippen LogP contribution in [0.25, 0.3) is 0 Å². The van der Waals surface area contributed by atoms with Gasteiger partial charge in [-0.15, -0.1) is 0 Å². The highest BCUT2D eigenvalue weighted by molar-refractivity contribution is 9.10. The lowest BCUT2D eigenvalue weighted by molar-refractivity contribution is -0.139. The maximum absolute atomic E-state index is 12.2. The molecule has 2 rings (SSSR count). The van der Waals surface area contributed by atoms with Crippen molar-refractivity contribution in [3.05, 3.63) is 51.5 Å².